The fourth-order valence-corrected chi connectivity index (χ4v) is 4.68. The summed E-state index contributed by atoms with van der Waals surface area (Å²) in [6.45, 7) is 3.47. The Balaban J connectivity index is 1.65. The van der Waals surface area contributed by atoms with Gasteiger partial charge in [-0.25, -0.2) is 8.42 Å². The zero-order valence-electron chi connectivity index (χ0n) is 15.0. The number of aryl methyl sites for hydroxylation is 1. The lowest BCUT2D eigenvalue weighted by Crippen LogP contribution is -2.36. The van der Waals surface area contributed by atoms with Crippen LogP contribution in [0.2, 0.25) is 0 Å². The van der Waals surface area contributed by atoms with Gasteiger partial charge in [0.15, 0.2) is 4.67 Å². The van der Waals surface area contributed by atoms with Gasteiger partial charge in [-0.2, -0.15) is 4.31 Å². The van der Waals surface area contributed by atoms with Gasteiger partial charge in [0.1, 0.15) is 5.76 Å². The summed E-state index contributed by atoms with van der Waals surface area (Å²) in [5.41, 5.74) is 1.01. The topological polar surface area (TPSA) is 70.8 Å². The van der Waals surface area contributed by atoms with Gasteiger partial charge in [-0.3, -0.25) is 4.79 Å². The Morgan fingerprint density at radius 2 is 1.81 bits per heavy atom. The highest BCUT2D eigenvalue weighted by atomic mass is 79.9. The van der Waals surface area contributed by atoms with Crippen molar-refractivity contribution < 1.29 is 17.6 Å². The molecule has 1 saturated heterocycles. The second kappa shape index (κ2) is 8.41. The van der Waals surface area contributed by atoms with Crippen molar-refractivity contribution in [2.45, 2.75) is 18.2 Å². The molecule has 1 aliphatic heterocycles. The van der Waals surface area contributed by atoms with E-state index in [9.17, 15) is 13.2 Å². The number of carbonyl (C=O) groups is 1. The third kappa shape index (κ3) is 4.88. The second-order valence-electron chi connectivity index (χ2n) is 6.37. The predicted octanol–water partition coefficient (Wildman–Crippen LogP) is 3.29. The number of nitrogens with zero attached hydrogens (tertiary/aromatic N) is 2. The van der Waals surface area contributed by atoms with Crippen LogP contribution in [0.15, 0.2) is 56.5 Å². The quantitative estimate of drug-likeness (QED) is 0.667. The van der Waals surface area contributed by atoms with E-state index in [2.05, 4.69) is 15.9 Å². The maximum Gasteiger partial charge on any atom is 0.246 e. The lowest BCUT2D eigenvalue weighted by atomic mass is 10.2. The van der Waals surface area contributed by atoms with E-state index in [1.807, 2.05) is 6.92 Å². The lowest BCUT2D eigenvalue weighted by molar-refractivity contribution is -0.125. The first-order valence-electron chi connectivity index (χ1n) is 8.65. The van der Waals surface area contributed by atoms with Gasteiger partial charge < -0.3 is 9.32 Å². The average Bonchev–Trinajstić information content (AvgIpc) is 2.90. The molecule has 27 heavy (non-hydrogen) atoms. The minimum absolute atomic E-state index is 0.155. The molecule has 0 saturated carbocycles. The molecule has 144 valence electrons. The maximum atomic E-state index is 12.8. The van der Waals surface area contributed by atoms with Crippen molar-refractivity contribution >= 4 is 37.9 Å². The van der Waals surface area contributed by atoms with Crippen LogP contribution < -0.4 is 0 Å². The highest BCUT2D eigenvalue weighted by molar-refractivity contribution is 9.10. The van der Waals surface area contributed by atoms with Crippen LogP contribution in [0.25, 0.3) is 6.08 Å². The van der Waals surface area contributed by atoms with Crippen molar-refractivity contribution in [2.24, 2.45) is 0 Å². The number of carbonyl (C=O) groups excluding carboxylic acids is 1. The summed E-state index contributed by atoms with van der Waals surface area (Å²) >= 11 is 3.22. The van der Waals surface area contributed by atoms with Crippen molar-refractivity contribution in [2.75, 3.05) is 26.2 Å². The Bertz CT molecular complexity index is 935. The molecule has 2 heterocycles. The number of rotatable bonds is 4. The smallest absolute Gasteiger partial charge is 0.246 e. The van der Waals surface area contributed by atoms with Crippen LogP contribution in [0.1, 0.15) is 17.7 Å². The molecule has 1 aromatic carbocycles. The van der Waals surface area contributed by atoms with Gasteiger partial charge >= 0.3 is 0 Å². The zero-order valence-corrected chi connectivity index (χ0v) is 17.4. The number of amides is 1. The molecule has 3 rings (SSSR count). The Labute approximate surface area is 167 Å². The Morgan fingerprint density at radius 1 is 1.07 bits per heavy atom. The lowest BCUT2D eigenvalue weighted by Gasteiger charge is -2.21. The van der Waals surface area contributed by atoms with E-state index in [0.29, 0.717) is 36.5 Å². The number of halogens is 1. The molecule has 0 N–H and O–H groups in total. The Kier molecular flexibility index (Phi) is 6.18. The first-order valence-corrected chi connectivity index (χ1v) is 10.9. The van der Waals surface area contributed by atoms with Crippen molar-refractivity contribution in [1.82, 2.24) is 9.21 Å². The molecule has 6 nitrogen and oxygen atoms in total. The van der Waals surface area contributed by atoms with Crippen LogP contribution in [0.4, 0.5) is 0 Å². The minimum atomic E-state index is -3.55. The third-order valence-corrected chi connectivity index (χ3v) is 6.75. The van der Waals surface area contributed by atoms with E-state index in [-0.39, 0.29) is 17.3 Å². The number of furan rings is 1. The molecule has 0 aliphatic carbocycles. The molecule has 8 heteroatoms. The molecule has 0 atom stereocenters. The summed E-state index contributed by atoms with van der Waals surface area (Å²) in [4.78, 5) is 14.4. The largest absolute Gasteiger partial charge is 0.450 e. The average molecular weight is 453 g/mol. The van der Waals surface area contributed by atoms with Crippen molar-refractivity contribution in [1.29, 1.82) is 0 Å². The molecule has 1 aliphatic rings. The highest BCUT2D eigenvalue weighted by Crippen LogP contribution is 2.19. The fraction of sp³-hybridized carbons (Fsp3) is 0.316. The van der Waals surface area contributed by atoms with Gasteiger partial charge in [0, 0.05) is 32.3 Å². The molecule has 0 bridgehead atoms. The van der Waals surface area contributed by atoms with Gasteiger partial charge in [0.2, 0.25) is 15.9 Å². The highest BCUT2D eigenvalue weighted by Gasteiger charge is 2.27. The molecular weight excluding hydrogens is 432 g/mol. The summed E-state index contributed by atoms with van der Waals surface area (Å²) in [7, 11) is -3.55. The van der Waals surface area contributed by atoms with Gasteiger partial charge in [-0.1, -0.05) is 17.7 Å². The molecule has 0 unspecified atom stereocenters. The first-order chi connectivity index (χ1) is 12.9. The number of hydrogen-bond donors (Lipinski definition) is 0. The summed E-state index contributed by atoms with van der Waals surface area (Å²) in [6.07, 6.45) is 3.66. The number of sulfonamides is 1. The minimum Gasteiger partial charge on any atom is -0.450 e. The summed E-state index contributed by atoms with van der Waals surface area (Å²) in [5, 5.41) is 0. The fourth-order valence-electron chi connectivity index (χ4n) is 2.89. The van der Waals surface area contributed by atoms with Crippen LogP contribution in [-0.2, 0) is 14.8 Å². The van der Waals surface area contributed by atoms with Crippen LogP contribution >= 0.6 is 15.9 Å². The van der Waals surface area contributed by atoms with E-state index in [0.717, 1.165) is 5.56 Å². The summed E-state index contributed by atoms with van der Waals surface area (Å²) in [5.74, 6) is 0.422. The molecule has 2 aromatic rings. The van der Waals surface area contributed by atoms with E-state index >= 15 is 0 Å². The number of benzene rings is 1. The van der Waals surface area contributed by atoms with Crippen LogP contribution in [0, 0.1) is 6.92 Å². The Hall–Kier alpha value is -1.90. The van der Waals surface area contributed by atoms with Gasteiger partial charge in [0.05, 0.1) is 4.90 Å². The van der Waals surface area contributed by atoms with E-state index in [1.165, 1.54) is 10.4 Å². The zero-order chi connectivity index (χ0) is 19.4. The van der Waals surface area contributed by atoms with Crippen LogP contribution in [0.3, 0.4) is 0 Å². The van der Waals surface area contributed by atoms with E-state index in [1.54, 1.807) is 47.4 Å². The van der Waals surface area contributed by atoms with E-state index in [4.69, 9.17) is 4.42 Å². The molecule has 0 radical (unpaired) electrons. The van der Waals surface area contributed by atoms with Crippen molar-refractivity contribution in [3.8, 4) is 0 Å². The van der Waals surface area contributed by atoms with Crippen molar-refractivity contribution in [3.05, 3.63) is 58.5 Å². The van der Waals surface area contributed by atoms with Crippen LogP contribution in [0.5, 0.6) is 0 Å². The van der Waals surface area contributed by atoms with E-state index < -0.39 is 10.0 Å². The maximum absolute atomic E-state index is 12.8. The second-order valence-corrected chi connectivity index (χ2v) is 9.09. The monoisotopic (exact) mass is 452 g/mol. The molecular formula is C19H21BrN2O4S. The predicted molar refractivity (Wildman–Crippen MR) is 107 cm³/mol. The number of hydrogen-bond acceptors (Lipinski definition) is 4. The normalized spacial score (nSPS) is 16.6. The summed E-state index contributed by atoms with van der Waals surface area (Å²) < 4.78 is 33.1. The van der Waals surface area contributed by atoms with Crippen LogP contribution in [-0.4, -0.2) is 49.7 Å². The van der Waals surface area contributed by atoms with Gasteiger partial charge in [0.25, 0.3) is 0 Å². The molecule has 0 spiro atoms. The van der Waals surface area contributed by atoms with Gasteiger partial charge in [-0.15, -0.1) is 0 Å². The summed E-state index contributed by atoms with van der Waals surface area (Å²) in [6, 6.07) is 10.3. The molecule has 1 aromatic heterocycles. The third-order valence-electron chi connectivity index (χ3n) is 4.41. The van der Waals surface area contributed by atoms with Crippen molar-refractivity contribution in [3.63, 3.8) is 0 Å². The molecule has 1 fully saturated rings. The van der Waals surface area contributed by atoms with Gasteiger partial charge in [-0.05, 0) is 59.6 Å². The molecule has 1 amide bonds. The Morgan fingerprint density at radius 3 is 2.48 bits per heavy atom. The first kappa shape index (κ1) is 19.9. The standard InChI is InChI=1S/C19H21BrN2O4S/c1-15-3-7-17(8-4-15)27(24,25)22-12-2-11-21(13-14-22)19(23)10-6-16-5-9-18(20)26-16/h3-10H,2,11-14H2,1H3. The SMILES string of the molecule is Cc1ccc(S(=O)(=O)N2CCCN(C(=O)C=Cc3ccc(Br)o3)CC2)cc1.